The zero-order valence-electron chi connectivity index (χ0n) is 9.79. The summed E-state index contributed by atoms with van der Waals surface area (Å²) in [6.07, 6.45) is 0.884. The van der Waals surface area contributed by atoms with Crippen LogP contribution in [0.15, 0.2) is 18.2 Å². The summed E-state index contributed by atoms with van der Waals surface area (Å²) >= 11 is 1.91. The van der Waals surface area contributed by atoms with Crippen LogP contribution in [0.3, 0.4) is 0 Å². The Morgan fingerprint density at radius 3 is 2.33 bits per heavy atom. The second-order valence-corrected chi connectivity index (χ2v) is 5.56. The third-order valence-electron chi connectivity index (χ3n) is 2.35. The summed E-state index contributed by atoms with van der Waals surface area (Å²) in [5.41, 5.74) is 4.06. The van der Waals surface area contributed by atoms with E-state index >= 15 is 0 Å². The predicted molar refractivity (Wildman–Crippen MR) is 68.4 cm³/mol. The molecule has 0 bridgehead atoms. The average molecular weight is 224 g/mol. The van der Waals surface area contributed by atoms with Gasteiger partial charge >= 0.3 is 0 Å². The van der Waals surface area contributed by atoms with Gasteiger partial charge in [-0.3, -0.25) is 0 Å². The summed E-state index contributed by atoms with van der Waals surface area (Å²) in [6, 6.07) is 6.68. The molecule has 0 heterocycles. The van der Waals surface area contributed by atoms with Gasteiger partial charge in [0.2, 0.25) is 0 Å². The normalized spacial score (nSPS) is 12.8. The molecular formula is C13H20OS. The van der Waals surface area contributed by atoms with E-state index in [1.807, 2.05) is 11.8 Å². The lowest BCUT2D eigenvalue weighted by Crippen LogP contribution is -2.00. The number of rotatable bonds is 5. The molecule has 0 aliphatic heterocycles. The first-order valence-corrected chi connectivity index (χ1v) is 6.46. The SMILES string of the molecule is Cc1cc(C)cc(CSC(C)CCO)c1. The molecule has 1 aromatic rings. The molecular weight excluding hydrogens is 204 g/mol. The topological polar surface area (TPSA) is 20.2 Å². The van der Waals surface area contributed by atoms with E-state index in [4.69, 9.17) is 5.11 Å². The number of aliphatic hydroxyl groups is 1. The smallest absolute Gasteiger partial charge is 0.0441 e. The van der Waals surface area contributed by atoms with Crippen molar-refractivity contribution in [1.82, 2.24) is 0 Å². The molecule has 0 aliphatic carbocycles. The van der Waals surface area contributed by atoms with Crippen molar-refractivity contribution in [2.24, 2.45) is 0 Å². The van der Waals surface area contributed by atoms with Gasteiger partial charge in [0.05, 0.1) is 0 Å². The van der Waals surface area contributed by atoms with E-state index in [1.54, 1.807) is 0 Å². The van der Waals surface area contributed by atoms with Crippen LogP contribution in [-0.4, -0.2) is 17.0 Å². The summed E-state index contributed by atoms with van der Waals surface area (Å²) in [5.74, 6) is 1.05. The molecule has 0 aliphatic rings. The van der Waals surface area contributed by atoms with E-state index in [0.29, 0.717) is 11.9 Å². The molecule has 0 saturated heterocycles. The first-order valence-electron chi connectivity index (χ1n) is 5.41. The highest BCUT2D eigenvalue weighted by molar-refractivity contribution is 7.99. The first-order chi connectivity index (χ1) is 7.11. The molecule has 1 N–H and O–H groups in total. The third-order valence-corrected chi connectivity index (χ3v) is 3.66. The van der Waals surface area contributed by atoms with E-state index < -0.39 is 0 Å². The Hall–Kier alpha value is -0.470. The lowest BCUT2D eigenvalue weighted by molar-refractivity contribution is 0.289. The fourth-order valence-corrected chi connectivity index (χ4v) is 2.57. The first kappa shape index (κ1) is 12.6. The van der Waals surface area contributed by atoms with Crippen LogP contribution >= 0.6 is 11.8 Å². The standard InChI is InChI=1S/C13H20OS/c1-10-6-11(2)8-13(7-10)9-15-12(3)4-5-14/h6-8,12,14H,4-5,9H2,1-3H3. The highest BCUT2D eigenvalue weighted by Crippen LogP contribution is 2.21. The second kappa shape index (κ2) is 6.19. The zero-order valence-corrected chi connectivity index (χ0v) is 10.6. The lowest BCUT2D eigenvalue weighted by Gasteiger charge is -2.10. The monoisotopic (exact) mass is 224 g/mol. The van der Waals surface area contributed by atoms with Gasteiger partial charge in [0.25, 0.3) is 0 Å². The second-order valence-electron chi connectivity index (χ2n) is 4.13. The maximum absolute atomic E-state index is 8.81. The molecule has 0 fully saturated rings. The van der Waals surface area contributed by atoms with Crippen LogP contribution in [0, 0.1) is 13.8 Å². The van der Waals surface area contributed by atoms with E-state index in [9.17, 15) is 0 Å². The van der Waals surface area contributed by atoms with Gasteiger partial charge < -0.3 is 5.11 Å². The van der Waals surface area contributed by atoms with Gasteiger partial charge in [0.15, 0.2) is 0 Å². The van der Waals surface area contributed by atoms with Gasteiger partial charge in [-0.2, -0.15) is 11.8 Å². The van der Waals surface area contributed by atoms with Gasteiger partial charge in [-0.25, -0.2) is 0 Å². The van der Waals surface area contributed by atoms with Crippen LogP contribution in [0.1, 0.15) is 30.0 Å². The zero-order chi connectivity index (χ0) is 11.3. The maximum atomic E-state index is 8.81. The molecule has 0 amide bonds. The molecule has 1 unspecified atom stereocenters. The lowest BCUT2D eigenvalue weighted by atomic mass is 10.1. The number of aliphatic hydroxyl groups excluding tert-OH is 1. The largest absolute Gasteiger partial charge is 0.396 e. The van der Waals surface area contributed by atoms with E-state index in [-0.39, 0.29) is 0 Å². The molecule has 0 radical (unpaired) electrons. The Labute approximate surface area is 96.9 Å². The molecule has 0 aromatic heterocycles. The number of hydrogen-bond donors (Lipinski definition) is 1. The van der Waals surface area contributed by atoms with Gasteiger partial charge in [-0.1, -0.05) is 36.2 Å². The summed E-state index contributed by atoms with van der Waals surface area (Å²) in [5, 5.41) is 9.35. The van der Waals surface area contributed by atoms with Crippen molar-refractivity contribution >= 4 is 11.8 Å². The number of aryl methyl sites for hydroxylation is 2. The minimum Gasteiger partial charge on any atom is -0.396 e. The summed E-state index contributed by atoms with van der Waals surface area (Å²) < 4.78 is 0. The van der Waals surface area contributed by atoms with Crippen molar-refractivity contribution in [2.75, 3.05) is 6.61 Å². The summed E-state index contributed by atoms with van der Waals surface area (Å²) in [4.78, 5) is 0. The van der Waals surface area contributed by atoms with Crippen LogP contribution in [0.5, 0.6) is 0 Å². The molecule has 15 heavy (non-hydrogen) atoms. The summed E-state index contributed by atoms with van der Waals surface area (Å²) in [7, 11) is 0. The van der Waals surface area contributed by atoms with Crippen LogP contribution in [-0.2, 0) is 5.75 Å². The van der Waals surface area contributed by atoms with Gasteiger partial charge in [0.1, 0.15) is 0 Å². The third kappa shape index (κ3) is 4.72. The molecule has 1 atom stereocenters. The Balaban J connectivity index is 2.50. The molecule has 0 spiro atoms. The maximum Gasteiger partial charge on any atom is 0.0441 e. The van der Waals surface area contributed by atoms with Crippen LogP contribution < -0.4 is 0 Å². The van der Waals surface area contributed by atoms with Gasteiger partial charge in [0, 0.05) is 17.6 Å². The number of hydrogen-bond acceptors (Lipinski definition) is 2. The fraction of sp³-hybridized carbons (Fsp3) is 0.538. The van der Waals surface area contributed by atoms with Crippen molar-refractivity contribution in [1.29, 1.82) is 0 Å². The fourth-order valence-electron chi connectivity index (χ4n) is 1.66. The minimum absolute atomic E-state index is 0.293. The van der Waals surface area contributed by atoms with Crippen molar-refractivity contribution in [3.05, 3.63) is 34.9 Å². The quantitative estimate of drug-likeness (QED) is 0.828. The minimum atomic E-state index is 0.293. The molecule has 1 aromatic carbocycles. The highest BCUT2D eigenvalue weighted by atomic mass is 32.2. The van der Waals surface area contributed by atoms with Crippen molar-refractivity contribution in [3.8, 4) is 0 Å². The Bertz CT molecular complexity index is 289. The predicted octanol–water partition coefficient (Wildman–Crippen LogP) is 3.31. The van der Waals surface area contributed by atoms with Gasteiger partial charge in [-0.15, -0.1) is 0 Å². The van der Waals surface area contributed by atoms with Crippen molar-refractivity contribution < 1.29 is 5.11 Å². The van der Waals surface area contributed by atoms with E-state index in [2.05, 4.69) is 39.0 Å². The van der Waals surface area contributed by atoms with Crippen molar-refractivity contribution in [3.63, 3.8) is 0 Å². The summed E-state index contributed by atoms with van der Waals surface area (Å²) in [6.45, 7) is 6.74. The van der Waals surface area contributed by atoms with Crippen LogP contribution in [0.25, 0.3) is 0 Å². The molecule has 2 heteroatoms. The molecule has 84 valence electrons. The van der Waals surface area contributed by atoms with Crippen LogP contribution in [0.4, 0.5) is 0 Å². The number of thioether (sulfide) groups is 1. The average Bonchev–Trinajstić information content (AvgIpc) is 2.14. The van der Waals surface area contributed by atoms with E-state index in [1.165, 1.54) is 16.7 Å². The Morgan fingerprint density at radius 2 is 1.80 bits per heavy atom. The van der Waals surface area contributed by atoms with Crippen molar-refractivity contribution in [2.45, 2.75) is 38.2 Å². The van der Waals surface area contributed by atoms with Crippen LogP contribution in [0.2, 0.25) is 0 Å². The molecule has 1 nitrogen and oxygen atoms in total. The molecule has 0 saturated carbocycles. The number of benzene rings is 1. The van der Waals surface area contributed by atoms with E-state index in [0.717, 1.165) is 12.2 Å². The Kier molecular flexibility index (Phi) is 5.20. The molecule has 1 rings (SSSR count). The highest BCUT2D eigenvalue weighted by Gasteiger charge is 2.03. The Morgan fingerprint density at radius 1 is 1.20 bits per heavy atom. The van der Waals surface area contributed by atoms with Gasteiger partial charge in [-0.05, 0) is 25.8 Å².